The summed E-state index contributed by atoms with van der Waals surface area (Å²) in [5.41, 5.74) is 3.23. The number of benzene rings is 1. The van der Waals surface area contributed by atoms with Crippen molar-refractivity contribution in [3.8, 4) is 11.3 Å². The van der Waals surface area contributed by atoms with E-state index < -0.39 is 0 Å². The summed E-state index contributed by atoms with van der Waals surface area (Å²) >= 11 is 1.63. The van der Waals surface area contributed by atoms with Gasteiger partial charge >= 0.3 is 0 Å². The Hall–Kier alpha value is -1.35. The summed E-state index contributed by atoms with van der Waals surface area (Å²) in [5, 5.41) is 9.39. The summed E-state index contributed by atoms with van der Waals surface area (Å²) in [6.07, 6.45) is 2.01. The second-order valence-corrected chi connectivity index (χ2v) is 4.08. The zero-order chi connectivity index (χ0) is 10.7. The molecule has 0 N–H and O–H groups in total. The van der Waals surface area contributed by atoms with E-state index in [4.69, 9.17) is 0 Å². The second-order valence-electron chi connectivity index (χ2n) is 3.29. The maximum atomic E-state index is 4.21. The molecule has 0 unspecified atom stereocenters. The molecule has 1 aromatic heterocycles. The molecule has 2 rings (SSSR count). The van der Waals surface area contributed by atoms with Gasteiger partial charge in [0.25, 0.3) is 0 Å². The first-order valence-electron chi connectivity index (χ1n) is 4.75. The third-order valence-electron chi connectivity index (χ3n) is 2.20. The van der Waals surface area contributed by atoms with Crippen molar-refractivity contribution in [1.82, 2.24) is 10.2 Å². The topological polar surface area (TPSA) is 25.8 Å². The van der Waals surface area contributed by atoms with Crippen molar-refractivity contribution in [2.75, 3.05) is 6.26 Å². The highest BCUT2D eigenvalue weighted by Crippen LogP contribution is 2.21. The summed E-state index contributed by atoms with van der Waals surface area (Å²) in [6.45, 7) is 2.06. The molecule has 0 atom stereocenters. The Balaban J connectivity index is 2.43. The standard InChI is InChI=1S/C12H12N2S/c1-9-8-11(13-14-12(9)15-2)10-6-4-3-5-7-10/h3-8H,1-2H3. The normalized spacial score (nSPS) is 10.3. The third-order valence-corrected chi connectivity index (χ3v) is 2.99. The Labute approximate surface area is 93.7 Å². The predicted octanol–water partition coefficient (Wildman–Crippen LogP) is 3.17. The van der Waals surface area contributed by atoms with Crippen LogP contribution in [0, 0.1) is 6.92 Å². The number of aryl methyl sites for hydroxylation is 1. The highest BCUT2D eigenvalue weighted by molar-refractivity contribution is 7.98. The minimum Gasteiger partial charge on any atom is -0.149 e. The lowest BCUT2D eigenvalue weighted by molar-refractivity contribution is 0.914. The van der Waals surface area contributed by atoms with Gasteiger partial charge in [-0.05, 0) is 24.8 Å². The lowest BCUT2D eigenvalue weighted by atomic mass is 10.1. The molecule has 0 spiro atoms. The zero-order valence-electron chi connectivity index (χ0n) is 8.77. The van der Waals surface area contributed by atoms with Crippen LogP contribution in [0.3, 0.4) is 0 Å². The van der Waals surface area contributed by atoms with Crippen molar-refractivity contribution < 1.29 is 0 Å². The fraction of sp³-hybridized carbons (Fsp3) is 0.167. The van der Waals surface area contributed by atoms with Gasteiger partial charge in [-0.15, -0.1) is 22.0 Å². The van der Waals surface area contributed by atoms with Gasteiger partial charge in [0.05, 0.1) is 5.69 Å². The summed E-state index contributed by atoms with van der Waals surface area (Å²) in [7, 11) is 0. The first kappa shape index (κ1) is 10.2. The number of hydrogen-bond donors (Lipinski definition) is 0. The number of rotatable bonds is 2. The first-order valence-corrected chi connectivity index (χ1v) is 5.97. The molecule has 0 aliphatic heterocycles. The zero-order valence-corrected chi connectivity index (χ0v) is 9.58. The molecule has 0 amide bonds. The molecule has 15 heavy (non-hydrogen) atoms. The van der Waals surface area contributed by atoms with Crippen LogP contribution in [0.5, 0.6) is 0 Å². The average Bonchev–Trinajstić information content (AvgIpc) is 2.30. The SMILES string of the molecule is CSc1nnc(-c2ccccc2)cc1C. The molecule has 1 heterocycles. The minimum absolute atomic E-state index is 0.936. The van der Waals surface area contributed by atoms with E-state index in [9.17, 15) is 0 Å². The highest BCUT2D eigenvalue weighted by atomic mass is 32.2. The maximum absolute atomic E-state index is 4.21. The molecule has 2 nitrogen and oxygen atoms in total. The summed E-state index contributed by atoms with van der Waals surface area (Å²) in [4.78, 5) is 0. The average molecular weight is 216 g/mol. The second kappa shape index (κ2) is 4.45. The van der Waals surface area contributed by atoms with Crippen molar-refractivity contribution in [2.24, 2.45) is 0 Å². The molecule has 2 aromatic rings. The lowest BCUT2D eigenvalue weighted by Gasteiger charge is -2.03. The van der Waals surface area contributed by atoms with Crippen molar-refractivity contribution in [1.29, 1.82) is 0 Å². The van der Waals surface area contributed by atoms with Gasteiger partial charge < -0.3 is 0 Å². The van der Waals surface area contributed by atoms with Crippen molar-refractivity contribution in [3.63, 3.8) is 0 Å². The summed E-state index contributed by atoms with van der Waals surface area (Å²) in [6, 6.07) is 12.2. The molecular weight excluding hydrogens is 204 g/mol. The van der Waals surface area contributed by atoms with Crippen molar-refractivity contribution in [2.45, 2.75) is 11.9 Å². The van der Waals surface area contributed by atoms with Gasteiger partial charge in [-0.3, -0.25) is 0 Å². The van der Waals surface area contributed by atoms with Crippen LogP contribution >= 0.6 is 11.8 Å². The van der Waals surface area contributed by atoms with Gasteiger partial charge in [0.2, 0.25) is 0 Å². The Morgan fingerprint density at radius 2 is 1.80 bits per heavy atom. The number of nitrogens with zero attached hydrogens (tertiary/aromatic N) is 2. The monoisotopic (exact) mass is 216 g/mol. The molecular formula is C12H12N2S. The van der Waals surface area contributed by atoms with Gasteiger partial charge in [0.15, 0.2) is 0 Å². The van der Waals surface area contributed by atoms with E-state index in [1.165, 1.54) is 5.56 Å². The Morgan fingerprint density at radius 1 is 1.07 bits per heavy atom. The third kappa shape index (κ3) is 2.18. The Kier molecular flexibility index (Phi) is 3.02. The molecule has 0 aliphatic carbocycles. The Morgan fingerprint density at radius 3 is 2.40 bits per heavy atom. The van der Waals surface area contributed by atoms with E-state index in [1.807, 2.05) is 36.6 Å². The molecule has 3 heteroatoms. The molecule has 0 saturated heterocycles. The molecule has 0 saturated carbocycles. The maximum Gasteiger partial charge on any atom is 0.121 e. The molecule has 0 bridgehead atoms. The van der Waals surface area contributed by atoms with Crippen LogP contribution in [0.2, 0.25) is 0 Å². The van der Waals surface area contributed by atoms with E-state index in [0.29, 0.717) is 0 Å². The van der Waals surface area contributed by atoms with E-state index >= 15 is 0 Å². The molecule has 0 fully saturated rings. The van der Waals surface area contributed by atoms with Gasteiger partial charge in [-0.2, -0.15) is 0 Å². The Bertz CT molecular complexity index is 454. The fourth-order valence-electron chi connectivity index (χ4n) is 1.43. The van der Waals surface area contributed by atoms with E-state index in [-0.39, 0.29) is 0 Å². The predicted molar refractivity (Wildman–Crippen MR) is 64.0 cm³/mol. The van der Waals surface area contributed by atoms with Crippen LogP contribution in [-0.2, 0) is 0 Å². The van der Waals surface area contributed by atoms with Gasteiger partial charge in [-0.25, -0.2) is 0 Å². The fourth-order valence-corrected chi connectivity index (χ4v) is 1.93. The number of aromatic nitrogens is 2. The van der Waals surface area contributed by atoms with Crippen LogP contribution in [0.15, 0.2) is 41.4 Å². The molecule has 1 aromatic carbocycles. The van der Waals surface area contributed by atoms with Crippen LogP contribution in [0.25, 0.3) is 11.3 Å². The number of hydrogen-bond acceptors (Lipinski definition) is 3. The van der Waals surface area contributed by atoms with E-state index in [2.05, 4.69) is 23.2 Å². The van der Waals surface area contributed by atoms with Crippen LogP contribution in [0.4, 0.5) is 0 Å². The molecule has 0 aliphatic rings. The highest BCUT2D eigenvalue weighted by Gasteiger charge is 2.03. The summed E-state index contributed by atoms with van der Waals surface area (Å²) in [5.74, 6) is 0. The van der Waals surface area contributed by atoms with Crippen molar-refractivity contribution in [3.05, 3.63) is 42.0 Å². The largest absolute Gasteiger partial charge is 0.149 e. The van der Waals surface area contributed by atoms with Crippen molar-refractivity contribution >= 4 is 11.8 Å². The number of thioether (sulfide) groups is 1. The van der Waals surface area contributed by atoms with Crippen LogP contribution < -0.4 is 0 Å². The summed E-state index contributed by atoms with van der Waals surface area (Å²) < 4.78 is 0. The van der Waals surface area contributed by atoms with Gasteiger partial charge in [0, 0.05) is 5.56 Å². The van der Waals surface area contributed by atoms with Crippen LogP contribution in [0.1, 0.15) is 5.56 Å². The molecule has 0 radical (unpaired) electrons. The quantitative estimate of drug-likeness (QED) is 0.721. The van der Waals surface area contributed by atoms with Crippen LogP contribution in [-0.4, -0.2) is 16.5 Å². The van der Waals surface area contributed by atoms with Gasteiger partial charge in [0.1, 0.15) is 5.03 Å². The minimum atomic E-state index is 0.936. The van der Waals surface area contributed by atoms with E-state index in [1.54, 1.807) is 11.8 Å². The van der Waals surface area contributed by atoms with Gasteiger partial charge in [-0.1, -0.05) is 30.3 Å². The lowest BCUT2D eigenvalue weighted by Crippen LogP contribution is -1.92. The first-order chi connectivity index (χ1) is 7.31. The van der Waals surface area contributed by atoms with E-state index in [0.717, 1.165) is 16.3 Å². The molecule has 76 valence electrons. The smallest absolute Gasteiger partial charge is 0.121 e.